The molecule has 218 valence electrons. The third-order valence-corrected chi connectivity index (χ3v) is 5.48. The monoisotopic (exact) mass is 544 g/mol. The molecule has 0 saturated carbocycles. The number of carboxylic acid groups (broad SMARTS) is 1. The molecule has 16 heteroatoms. The highest BCUT2D eigenvalue weighted by Gasteiger charge is 2.30. The first-order valence-corrected chi connectivity index (χ1v) is 12.6. The fourth-order valence-corrected chi connectivity index (χ4v) is 3.40. The molecule has 16 nitrogen and oxygen atoms in total. The van der Waals surface area contributed by atoms with E-state index in [1.165, 1.54) is 0 Å². The highest BCUT2D eigenvalue weighted by Crippen LogP contribution is 2.06. The number of nitrogens with one attached hydrogen (secondary N) is 3. The van der Waals surface area contributed by atoms with Crippen LogP contribution in [0.15, 0.2) is 4.99 Å². The first kappa shape index (κ1) is 34.5. The molecule has 0 fully saturated rings. The number of hydrogen-bond donors (Lipinski definition) is 10. The molecule has 0 aromatic heterocycles. The summed E-state index contributed by atoms with van der Waals surface area (Å²) in [6, 6.07) is -4.79. The zero-order chi connectivity index (χ0) is 29.1. The van der Waals surface area contributed by atoms with Crippen LogP contribution in [0.3, 0.4) is 0 Å². The van der Waals surface area contributed by atoms with E-state index in [-0.39, 0.29) is 31.8 Å². The first-order chi connectivity index (χ1) is 17.9. The molecule has 0 radical (unpaired) electrons. The van der Waals surface area contributed by atoms with Crippen LogP contribution < -0.4 is 50.4 Å². The van der Waals surface area contributed by atoms with Crippen molar-refractivity contribution in [2.24, 2.45) is 39.4 Å². The summed E-state index contributed by atoms with van der Waals surface area (Å²) in [6.07, 6.45) is 2.46. The number of nitrogens with two attached hydrogens (primary N) is 6. The smallest absolute Gasteiger partial charge is 0.326 e. The maximum Gasteiger partial charge on any atom is 0.326 e. The fourth-order valence-electron chi connectivity index (χ4n) is 3.40. The minimum absolute atomic E-state index is 0.0271. The molecule has 0 spiro atoms. The Bertz CT molecular complexity index is 805. The van der Waals surface area contributed by atoms with Crippen LogP contribution in [0.25, 0.3) is 0 Å². The van der Waals surface area contributed by atoms with Gasteiger partial charge in [0, 0.05) is 6.54 Å². The quantitative estimate of drug-likeness (QED) is 0.0377. The molecule has 0 rings (SSSR count). The van der Waals surface area contributed by atoms with Crippen molar-refractivity contribution in [1.29, 1.82) is 0 Å². The first-order valence-electron chi connectivity index (χ1n) is 12.6. The van der Waals surface area contributed by atoms with Gasteiger partial charge in [0.25, 0.3) is 0 Å². The van der Waals surface area contributed by atoms with Gasteiger partial charge in [-0.05, 0) is 58.0 Å². The van der Waals surface area contributed by atoms with Crippen molar-refractivity contribution in [3.8, 4) is 0 Å². The number of aliphatic carboxylic acids is 1. The fraction of sp³-hybridized carbons (Fsp3) is 0.727. The third-order valence-electron chi connectivity index (χ3n) is 5.48. The number of nitrogens with zero attached hydrogens (tertiary/aromatic N) is 1. The van der Waals surface area contributed by atoms with Crippen LogP contribution >= 0.6 is 0 Å². The van der Waals surface area contributed by atoms with Gasteiger partial charge in [0.05, 0.1) is 12.5 Å². The van der Waals surface area contributed by atoms with E-state index >= 15 is 0 Å². The number of carboxylic acids is 1. The Labute approximate surface area is 222 Å². The molecule has 0 aliphatic carbocycles. The SMILES string of the molecule is NCCCCC(N)C(=O)NC(CC(N)=O)C(=O)NC(CCCN=C(N)N)C(=O)NC(CCCCN)C(=O)O. The summed E-state index contributed by atoms with van der Waals surface area (Å²) < 4.78 is 0. The van der Waals surface area contributed by atoms with Gasteiger partial charge in [0.1, 0.15) is 18.1 Å². The van der Waals surface area contributed by atoms with Crippen LogP contribution in [-0.2, 0) is 24.0 Å². The molecule has 4 amide bonds. The van der Waals surface area contributed by atoms with E-state index < -0.39 is 60.2 Å². The van der Waals surface area contributed by atoms with Crippen LogP contribution in [-0.4, -0.2) is 84.5 Å². The second-order valence-electron chi connectivity index (χ2n) is 8.82. The highest BCUT2D eigenvalue weighted by atomic mass is 16.4. The average Bonchev–Trinajstić information content (AvgIpc) is 2.84. The topological polar surface area (TPSA) is 310 Å². The molecule has 16 N–H and O–H groups in total. The highest BCUT2D eigenvalue weighted by molar-refractivity contribution is 5.96. The van der Waals surface area contributed by atoms with Crippen molar-refractivity contribution in [1.82, 2.24) is 16.0 Å². The van der Waals surface area contributed by atoms with E-state index in [2.05, 4.69) is 20.9 Å². The number of unbranched alkanes of at least 4 members (excludes halogenated alkanes) is 2. The Morgan fingerprint density at radius 3 is 1.71 bits per heavy atom. The van der Waals surface area contributed by atoms with Gasteiger partial charge in [-0.1, -0.05) is 6.42 Å². The molecule has 0 aromatic carbocycles. The number of carbonyl (C=O) groups excluding carboxylic acids is 4. The Kier molecular flexibility index (Phi) is 17.8. The lowest BCUT2D eigenvalue weighted by Gasteiger charge is -2.25. The molecule has 0 bridgehead atoms. The number of amides is 4. The van der Waals surface area contributed by atoms with Crippen molar-refractivity contribution >= 4 is 35.6 Å². The number of aliphatic imine (C=N–C) groups is 1. The lowest BCUT2D eigenvalue weighted by atomic mass is 10.1. The van der Waals surface area contributed by atoms with Crippen molar-refractivity contribution in [2.75, 3.05) is 19.6 Å². The standard InChI is InChI=1S/C22H44N10O6/c23-9-3-1-6-13(25)18(34)32-16(12-17(26)33)20(36)30-14(8-5-11-29-22(27)28)19(35)31-15(21(37)38)7-2-4-10-24/h13-16H,1-12,23-25H2,(H2,26,33)(H,30,36)(H,31,35)(H,32,34)(H,37,38)(H4,27,28,29). The molecule has 4 unspecified atom stereocenters. The molecule has 0 aliphatic rings. The summed E-state index contributed by atoms with van der Waals surface area (Å²) in [5.41, 5.74) is 32.6. The van der Waals surface area contributed by atoms with Gasteiger partial charge in [-0.15, -0.1) is 0 Å². The summed E-state index contributed by atoms with van der Waals surface area (Å²) in [5.74, 6) is -4.60. The summed E-state index contributed by atoms with van der Waals surface area (Å²) >= 11 is 0. The molecule has 0 heterocycles. The van der Waals surface area contributed by atoms with Crippen molar-refractivity contribution in [2.45, 2.75) is 82.0 Å². The molecule has 0 aliphatic heterocycles. The Hall–Kier alpha value is -3.50. The van der Waals surface area contributed by atoms with Gasteiger partial charge < -0.3 is 55.5 Å². The van der Waals surface area contributed by atoms with Crippen LogP contribution in [0.5, 0.6) is 0 Å². The number of hydrogen-bond acceptors (Lipinski definition) is 9. The van der Waals surface area contributed by atoms with Crippen molar-refractivity contribution in [3.63, 3.8) is 0 Å². The van der Waals surface area contributed by atoms with E-state index in [4.69, 9.17) is 34.4 Å². The van der Waals surface area contributed by atoms with Crippen LogP contribution in [0, 0.1) is 0 Å². The normalized spacial score (nSPS) is 13.9. The molecule has 0 aromatic rings. The largest absolute Gasteiger partial charge is 0.480 e. The van der Waals surface area contributed by atoms with Crippen LogP contribution in [0.4, 0.5) is 0 Å². The van der Waals surface area contributed by atoms with E-state index in [9.17, 15) is 29.1 Å². The summed E-state index contributed by atoms with van der Waals surface area (Å²) in [4.78, 5) is 65.5. The zero-order valence-electron chi connectivity index (χ0n) is 21.7. The van der Waals surface area contributed by atoms with Gasteiger partial charge in [0.2, 0.25) is 23.6 Å². The van der Waals surface area contributed by atoms with Gasteiger partial charge in [-0.3, -0.25) is 24.2 Å². The van der Waals surface area contributed by atoms with E-state index in [0.717, 1.165) is 0 Å². The van der Waals surface area contributed by atoms with Gasteiger partial charge >= 0.3 is 5.97 Å². The molecule has 0 saturated heterocycles. The van der Waals surface area contributed by atoms with Crippen molar-refractivity contribution < 1.29 is 29.1 Å². The summed E-state index contributed by atoms with van der Waals surface area (Å²) in [6.45, 7) is 0.941. The Balaban J connectivity index is 5.57. The molecule has 4 atom stereocenters. The molecular formula is C22H44N10O6. The van der Waals surface area contributed by atoms with Crippen molar-refractivity contribution in [3.05, 3.63) is 0 Å². The number of carbonyl (C=O) groups is 5. The van der Waals surface area contributed by atoms with Crippen LogP contribution in [0.1, 0.15) is 57.8 Å². The predicted molar refractivity (Wildman–Crippen MR) is 141 cm³/mol. The van der Waals surface area contributed by atoms with Gasteiger partial charge in [-0.25, -0.2) is 4.79 Å². The average molecular weight is 545 g/mol. The third kappa shape index (κ3) is 15.6. The number of guanidine groups is 1. The second kappa shape index (κ2) is 19.6. The van der Waals surface area contributed by atoms with Gasteiger partial charge in [-0.2, -0.15) is 0 Å². The summed E-state index contributed by atoms with van der Waals surface area (Å²) in [7, 11) is 0. The number of rotatable bonds is 21. The van der Waals surface area contributed by atoms with Gasteiger partial charge in [0.15, 0.2) is 5.96 Å². The van der Waals surface area contributed by atoms with Crippen LogP contribution in [0.2, 0.25) is 0 Å². The Morgan fingerprint density at radius 2 is 1.18 bits per heavy atom. The lowest BCUT2D eigenvalue weighted by Crippen LogP contribution is -2.57. The maximum absolute atomic E-state index is 13.0. The predicted octanol–water partition coefficient (Wildman–Crippen LogP) is -3.96. The van der Waals surface area contributed by atoms with E-state index in [1.807, 2.05) is 0 Å². The molecule has 38 heavy (non-hydrogen) atoms. The van der Waals surface area contributed by atoms with E-state index in [0.29, 0.717) is 45.2 Å². The summed E-state index contributed by atoms with van der Waals surface area (Å²) in [5, 5.41) is 16.7. The lowest BCUT2D eigenvalue weighted by molar-refractivity contribution is -0.142. The number of primary amides is 1. The minimum Gasteiger partial charge on any atom is -0.480 e. The maximum atomic E-state index is 13.0. The second-order valence-corrected chi connectivity index (χ2v) is 8.82. The Morgan fingerprint density at radius 1 is 0.684 bits per heavy atom. The molecular weight excluding hydrogens is 500 g/mol. The van der Waals surface area contributed by atoms with E-state index in [1.54, 1.807) is 0 Å². The zero-order valence-corrected chi connectivity index (χ0v) is 21.7. The minimum atomic E-state index is -1.41.